The lowest BCUT2D eigenvalue weighted by Crippen LogP contribution is -2.43. The number of halogens is 1. The Bertz CT molecular complexity index is 650. The molecule has 0 saturated carbocycles. The van der Waals surface area contributed by atoms with Gasteiger partial charge >= 0.3 is 0 Å². The molecule has 0 radical (unpaired) electrons. The van der Waals surface area contributed by atoms with Crippen LogP contribution in [-0.4, -0.2) is 25.7 Å². The highest BCUT2D eigenvalue weighted by Crippen LogP contribution is 2.26. The number of aryl methyl sites for hydroxylation is 1. The Balaban J connectivity index is 0.00000288. The highest BCUT2D eigenvalue weighted by atomic mass is 35.5. The molecule has 2 aromatic carbocycles. The van der Waals surface area contributed by atoms with Crippen LogP contribution in [0.25, 0.3) is 0 Å². The average molecular weight is 351 g/mol. The molecule has 0 aliphatic carbocycles. The van der Waals surface area contributed by atoms with Crippen LogP contribution in [0.5, 0.6) is 11.5 Å². The van der Waals surface area contributed by atoms with Crippen molar-refractivity contribution in [2.24, 2.45) is 5.73 Å². The highest BCUT2D eigenvalue weighted by molar-refractivity contribution is 5.85. The molecular formula is C18H23ClN2O3. The lowest BCUT2D eigenvalue weighted by Gasteiger charge is -2.15. The summed E-state index contributed by atoms with van der Waals surface area (Å²) in [7, 11) is 1.51. The second-order valence-corrected chi connectivity index (χ2v) is 5.31. The van der Waals surface area contributed by atoms with Gasteiger partial charge in [0.1, 0.15) is 17.5 Å². The standard InChI is InChI=1S/C18H22N2O3.ClH/c1-13-8-9-14(11-20-18(21)16(19)12-22-2)17(10-13)23-15-6-4-3-5-7-15;/h3-10,16H,11-12,19H2,1-2H3,(H,20,21);1H. The third kappa shape index (κ3) is 5.85. The molecule has 130 valence electrons. The predicted molar refractivity (Wildman–Crippen MR) is 96.6 cm³/mol. The van der Waals surface area contributed by atoms with E-state index in [1.165, 1.54) is 7.11 Å². The molecule has 2 aromatic rings. The monoisotopic (exact) mass is 350 g/mol. The van der Waals surface area contributed by atoms with Crippen molar-refractivity contribution in [2.45, 2.75) is 19.5 Å². The fourth-order valence-electron chi connectivity index (χ4n) is 2.09. The molecule has 5 nitrogen and oxygen atoms in total. The van der Waals surface area contributed by atoms with Crippen molar-refractivity contribution >= 4 is 18.3 Å². The SMILES string of the molecule is COCC(N)C(=O)NCc1ccc(C)cc1Oc1ccccc1.Cl. The molecular weight excluding hydrogens is 328 g/mol. The van der Waals surface area contributed by atoms with Gasteiger partial charge in [0.25, 0.3) is 0 Å². The zero-order valence-corrected chi connectivity index (χ0v) is 14.6. The molecule has 0 aliphatic rings. The number of amides is 1. The van der Waals surface area contributed by atoms with Gasteiger partial charge < -0.3 is 20.5 Å². The molecule has 24 heavy (non-hydrogen) atoms. The molecule has 1 amide bonds. The molecule has 0 fully saturated rings. The summed E-state index contributed by atoms with van der Waals surface area (Å²) in [5.41, 5.74) is 7.68. The molecule has 0 spiro atoms. The van der Waals surface area contributed by atoms with Crippen LogP contribution < -0.4 is 15.8 Å². The normalized spacial score (nSPS) is 11.3. The van der Waals surface area contributed by atoms with E-state index >= 15 is 0 Å². The van der Waals surface area contributed by atoms with Gasteiger partial charge in [0.15, 0.2) is 0 Å². The van der Waals surface area contributed by atoms with Gasteiger partial charge in [-0.3, -0.25) is 4.79 Å². The summed E-state index contributed by atoms with van der Waals surface area (Å²) < 4.78 is 10.8. The van der Waals surface area contributed by atoms with Gasteiger partial charge in [0, 0.05) is 19.2 Å². The van der Waals surface area contributed by atoms with Gasteiger partial charge in [-0.1, -0.05) is 30.3 Å². The van der Waals surface area contributed by atoms with E-state index in [1.807, 2.05) is 55.5 Å². The molecule has 0 aliphatic heterocycles. The Morgan fingerprint density at radius 1 is 1.21 bits per heavy atom. The van der Waals surface area contributed by atoms with E-state index in [9.17, 15) is 4.79 Å². The topological polar surface area (TPSA) is 73.6 Å². The second-order valence-electron chi connectivity index (χ2n) is 5.31. The van der Waals surface area contributed by atoms with Gasteiger partial charge in [0.2, 0.25) is 5.91 Å². The highest BCUT2D eigenvalue weighted by Gasteiger charge is 2.14. The van der Waals surface area contributed by atoms with Crippen LogP contribution in [0.3, 0.4) is 0 Å². The Hall–Kier alpha value is -2.08. The van der Waals surface area contributed by atoms with E-state index in [4.69, 9.17) is 15.2 Å². The minimum Gasteiger partial charge on any atom is -0.457 e. The molecule has 1 atom stereocenters. The van der Waals surface area contributed by atoms with Crippen molar-refractivity contribution in [1.82, 2.24) is 5.32 Å². The molecule has 0 heterocycles. The molecule has 0 aromatic heterocycles. The number of carbonyl (C=O) groups is 1. The Kier molecular flexibility index (Phi) is 8.26. The zero-order valence-electron chi connectivity index (χ0n) is 13.8. The fraction of sp³-hybridized carbons (Fsp3) is 0.278. The van der Waals surface area contributed by atoms with E-state index in [2.05, 4.69) is 5.32 Å². The summed E-state index contributed by atoms with van der Waals surface area (Å²) >= 11 is 0. The first kappa shape index (κ1) is 20.0. The van der Waals surface area contributed by atoms with Crippen molar-refractivity contribution < 1.29 is 14.3 Å². The van der Waals surface area contributed by atoms with E-state index in [0.717, 1.165) is 22.6 Å². The van der Waals surface area contributed by atoms with Gasteiger partial charge in [-0.05, 0) is 30.7 Å². The van der Waals surface area contributed by atoms with Crippen LogP contribution in [-0.2, 0) is 16.1 Å². The third-order valence-corrected chi connectivity index (χ3v) is 3.33. The van der Waals surface area contributed by atoms with Crippen LogP contribution in [0.4, 0.5) is 0 Å². The van der Waals surface area contributed by atoms with Crippen LogP contribution in [0, 0.1) is 6.92 Å². The maximum absolute atomic E-state index is 11.9. The fourth-order valence-corrected chi connectivity index (χ4v) is 2.09. The number of nitrogens with two attached hydrogens (primary N) is 1. The van der Waals surface area contributed by atoms with Crippen molar-refractivity contribution in [3.63, 3.8) is 0 Å². The number of benzene rings is 2. The van der Waals surface area contributed by atoms with Crippen molar-refractivity contribution in [3.05, 3.63) is 59.7 Å². The largest absolute Gasteiger partial charge is 0.457 e. The van der Waals surface area contributed by atoms with Gasteiger partial charge in [-0.15, -0.1) is 12.4 Å². The maximum atomic E-state index is 11.9. The van der Waals surface area contributed by atoms with Gasteiger partial charge in [0.05, 0.1) is 6.61 Å². The summed E-state index contributed by atoms with van der Waals surface area (Å²) in [6.45, 7) is 2.53. The number of hydrogen-bond acceptors (Lipinski definition) is 4. The molecule has 2 rings (SSSR count). The Labute approximate surface area is 148 Å². The molecule has 3 N–H and O–H groups in total. The number of carbonyl (C=O) groups excluding carboxylic acids is 1. The van der Waals surface area contributed by atoms with Crippen LogP contribution >= 0.6 is 12.4 Å². The van der Waals surface area contributed by atoms with Crippen molar-refractivity contribution in [3.8, 4) is 11.5 Å². The summed E-state index contributed by atoms with van der Waals surface area (Å²) in [6, 6.07) is 14.7. The van der Waals surface area contributed by atoms with Gasteiger partial charge in [-0.25, -0.2) is 0 Å². The smallest absolute Gasteiger partial charge is 0.239 e. The first-order valence-electron chi connectivity index (χ1n) is 7.45. The van der Waals surface area contributed by atoms with Gasteiger partial charge in [-0.2, -0.15) is 0 Å². The van der Waals surface area contributed by atoms with E-state index in [1.54, 1.807) is 0 Å². The lowest BCUT2D eigenvalue weighted by atomic mass is 10.1. The number of para-hydroxylation sites is 1. The maximum Gasteiger partial charge on any atom is 0.239 e. The molecule has 0 bridgehead atoms. The van der Waals surface area contributed by atoms with Crippen LogP contribution in [0.15, 0.2) is 48.5 Å². The first-order chi connectivity index (χ1) is 11.1. The number of ether oxygens (including phenoxy) is 2. The minimum absolute atomic E-state index is 0. The Morgan fingerprint density at radius 3 is 2.58 bits per heavy atom. The predicted octanol–water partition coefficient (Wildman–Crippen LogP) is 2.80. The summed E-state index contributed by atoms with van der Waals surface area (Å²) in [6.07, 6.45) is 0. The number of methoxy groups -OCH3 is 1. The van der Waals surface area contributed by atoms with Crippen molar-refractivity contribution in [2.75, 3.05) is 13.7 Å². The molecule has 1 unspecified atom stereocenters. The zero-order chi connectivity index (χ0) is 16.7. The summed E-state index contributed by atoms with van der Waals surface area (Å²) in [5, 5.41) is 2.81. The quantitative estimate of drug-likeness (QED) is 0.805. The lowest BCUT2D eigenvalue weighted by molar-refractivity contribution is -0.123. The van der Waals surface area contributed by atoms with Crippen molar-refractivity contribution in [1.29, 1.82) is 0 Å². The molecule has 0 saturated heterocycles. The number of rotatable bonds is 7. The summed E-state index contributed by atoms with van der Waals surface area (Å²) in [4.78, 5) is 11.9. The van der Waals surface area contributed by atoms with E-state index in [-0.39, 0.29) is 24.9 Å². The Morgan fingerprint density at radius 2 is 1.92 bits per heavy atom. The van der Waals surface area contributed by atoms with Crippen LogP contribution in [0.1, 0.15) is 11.1 Å². The first-order valence-corrected chi connectivity index (χ1v) is 7.45. The number of nitrogens with one attached hydrogen (secondary N) is 1. The molecule has 6 heteroatoms. The third-order valence-electron chi connectivity index (χ3n) is 3.33. The summed E-state index contributed by atoms with van der Waals surface area (Å²) in [5.74, 6) is 1.22. The van der Waals surface area contributed by atoms with Crippen LogP contribution in [0.2, 0.25) is 0 Å². The number of hydrogen-bond donors (Lipinski definition) is 2. The average Bonchev–Trinajstić information content (AvgIpc) is 2.55. The van der Waals surface area contributed by atoms with E-state index in [0.29, 0.717) is 6.54 Å². The second kappa shape index (κ2) is 9.93. The minimum atomic E-state index is -0.677. The van der Waals surface area contributed by atoms with E-state index < -0.39 is 6.04 Å².